The quantitative estimate of drug-likeness (QED) is 0.481. The second-order valence-electron chi connectivity index (χ2n) is 5.87. The molecule has 0 radical (unpaired) electrons. The monoisotopic (exact) mass is 335 g/mol. The number of carbonyl (C=O) groups excluding carboxylic acids is 3. The number of hydrogen-bond acceptors (Lipinski definition) is 6. The number of hydrogen-bond donors (Lipinski definition) is 2. The van der Waals surface area contributed by atoms with Crippen LogP contribution in [0.3, 0.4) is 0 Å². The van der Waals surface area contributed by atoms with Gasteiger partial charge < -0.3 is 14.9 Å². The number of amides is 3. The lowest BCUT2D eigenvalue weighted by Gasteiger charge is -2.20. The Morgan fingerprint density at radius 3 is 2.33 bits per heavy atom. The second kappa shape index (κ2) is 8.66. The van der Waals surface area contributed by atoms with E-state index < -0.39 is 30.1 Å². The van der Waals surface area contributed by atoms with Gasteiger partial charge in [0.1, 0.15) is 0 Å². The van der Waals surface area contributed by atoms with Crippen molar-refractivity contribution in [3.05, 3.63) is 35.4 Å². The van der Waals surface area contributed by atoms with Gasteiger partial charge in [0.2, 0.25) is 0 Å². The zero-order valence-electron chi connectivity index (χ0n) is 14.1. The summed E-state index contributed by atoms with van der Waals surface area (Å²) < 4.78 is 4.59. The Kier molecular flexibility index (Phi) is 6.91. The number of imide groups is 1. The van der Waals surface area contributed by atoms with E-state index in [1.54, 1.807) is 45.0 Å². The Morgan fingerprint density at radius 1 is 1.17 bits per heavy atom. The fourth-order valence-corrected chi connectivity index (χ4v) is 1.55. The van der Waals surface area contributed by atoms with Crippen molar-refractivity contribution in [1.29, 1.82) is 0 Å². The van der Waals surface area contributed by atoms with Gasteiger partial charge in [-0.15, -0.1) is 0 Å². The first-order valence-electron chi connectivity index (χ1n) is 7.17. The highest BCUT2D eigenvalue weighted by Gasteiger charge is 2.15. The molecule has 24 heavy (non-hydrogen) atoms. The molecule has 0 saturated carbocycles. The molecule has 1 aromatic rings. The summed E-state index contributed by atoms with van der Waals surface area (Å²) in [5, 5.41) is 8.33. The molecular formula is C16H21N3O5. The molecule has 0 saturated heterocycles. The Morgan fingerprint density at radius 2 is 1.79 bits per heavy atom. The van der Waals surface area contributed by atoms with Crippen LogP contribution in [0.1, 0.15) is 36.7 Å². The molecule has 1 rings (SSSR count). The summed E-state index contributed by atoms with van der Waals surface area (Å²) in [5.74, 6) is -1.05. The van der Waals surface area contributed by atoms with Crippen LogP contribution in [-0.4, -0.2) is 43.4 Å². The number of ether oxygens (including phenoxy) is 1. The van der Waals surface area contributed by atoms with Gasteiger partial charge in [0, 0.05) is 5.54 Å². The predicted octanol–water partition coefficient (Wildman–Crippen LogP) is 1.45. The minimum atomic E-state index is -0.616. The van der Waals surface area contributed by atoms with Gasteiger partial charge in [0.25, 0.3) is 5.91 Å². The van der Waals surface area contributed by atoms with Crippen molar-refractivity contribution in [3.63, 3.8) is 0 Å². The van der Waals surface area contributed by atoms with Crippen LogP contribution < -0.4 is 10.6 Å². The molecule has 0 aliphatic heterocycles. The lowest BCUT2D eigenvalue weighted by Crippen LogP contribution is -2.48. The zero-order chi connectivity index (χ0) is 18.2. The number of benzene rings is 1. The summed E-state index contributed by atoms with van der Waals surface area (Å²) in [6.45, 7) is 4.99. The van der Waals surface area contributed by atoms with Crippen molar-refractivity contribution < 1.29 is 24.0 Å². The van der Waals surface area contributed by atoms with E-state index in [0.29, 0.717) is 11.1 Å². The van der Waals surface area contributed by atoms with Crippen LogP contribution in [0, 0.1) is 0 Å². The van der Waals surface area contributed by atoms with Crippen LogP contribution >= 0.6 is 0 Å². The minimum absolute atomic E-state index is 0.395. The first-order valence-corrected chi connectivity index (χ1v) is 7.17. The van der Waals surface area contributed by atoms with Crippen LogP contribution in [0.25, 0.3) is 0 Å². The molecule has 2 N–H and O–H groups in total. The molecule has 0 unspecified atom stereocenters. The van der Waals surface area contributed by atoms with E-state index in [2.05, 4.69) is 20.5 Å². The minimum Gasteiger partial charge on any atom is -0.465 e. The maximum absolute atomic E-state index is 11.5. The smallest absolute Gasteiger partial charge is 0.337 e. The van der Waals surface area contributed by atoms with E-state index in [9.17, 15) is 14.4 Å². The van der Waals surface area contributed by atoms with Crippen LogP contribution in [0.2, 0.25) is 0 Å². The van der Waals surface area contributed by atoms with Gasteiger partial charge >= 0.3 is 12.0 Å². The fourth-order valence-electron chi connectivity index (χ4n) is 1.55. The fraction of sp³-hybridized carbons (Fsp3) is 0.375. The van der Waals surface area contributed by atoms with Crippen LogP contribution in [-0.2, 0) is 14.4 Å². The molecule has 0 fully saturated rings. The summed E-state index contributed by atoms with van der Waals surface area (Å²) in [4.78, 5) is 39.0. The molecule has 3 amide bonds. The topological polar surface area (TPSA) is 106 Å². The molecule has 8 nitrogen and oxygen atoms in total. The molecule has 0 heterocycles. The highest BCUT2D eigenvalue weighted by molar-refractivity contribution is 5.95. The first-order chi connectivity index (χ1) is 11.2. The maximum Gasteiger partial charge on any atom is 0.337 e. The summed E-state index contributed by atoms with van der Waals surface area (Å²) >= 11 is 0. The summed E-state index contributed by atoms with van der Waals surface area (Å²) in [5.41, 5.74) is 0.646. The standard InChI is InChI=1S/C16H21N3O5/c1-16(2,3)19-15(22)18-13(20)10-24-17-9-11-5-7-12(8-6-11)14(21)23-4/h5-9H,10H2,1-4H3,(H2,18,19,20,22)/b17-9+. The largest absolute Gasteiger partial charge is 0.465 e. The number of carbonyl (C=O) groups is 3. The van der Waals surface area contributed by atoms with Gasteiger partial charge in [0.05, 0.1) is 18.9 Å². The molecule has 0 atom stereocenters. The summed E-state index contributed by atoms with van der Waals surface area (Å²) in [6, 6.07) is 5.86. The van der Waals surface area contributed by atoms with E-state index in [-0.39, 0.29) is 0 Å². The van der Waals surface area contributed by atoms with Gasteiger partial charge in [0.15, 0.2) is 6.61 Å². The van der Waals surface area contributed by atoms with Crippen LogP contribution in [0.15, 0.2) is 29.4 Å². The van der Waals surface area contributed by atoms with E-state index in [0.717, 1.165) is 0 Å². The molecule has 0 aliphatic carbocycles. The molecule has 0 aliphatic rings. The van der Waals surface area contributed by atoms with Crippen molar-refractivity contribution in [1.82, 2.24) is 10.6 Å². The summed E-state index contributed by atoms with van der Waals surface area (Å²) in [7, 11) is 1.30. The van der Waals surface area contributed by atoms with Crippen LogP contribution in [0.5, 0.6) is 0 Å². The third kappa shape index (κ3) is 7.39. The van der Waals surface area contributed by atoms with Crippen molar-refractivity contribution in [2.24, 2.45) is 5.16 Å². The Labute approximate surface area is 140 Å². The van der Waals surface area contributed by atoms with E-state index in [4.69, 9.17) is 4.84 Å². The third-order valence-electron chi connectivity index (χ3n) is 2.55. The highest BCUT2D eigenvalue weighted by Crippen LogP contribution is 2.04. The Bertz CT molecular complexity index is 618. The lowest BCUT2D eigenvalue weighted by atomic mass is 10.1. The van der Waals surface area contributed by atoms with Crippen LogP contribution in [0.4, 0.5) is 4.79 Å². The summed E-state index contributed by atoms with van der Waals surface area (Å²) in [6.07, 6.45) is 1.38. The molecule has 130 valence electrons. The maximum atomic E-state index is 11.5. The van der Waals surface area contributed by atoms with Crippen molar-refractivity contribution >= 4 is 24.1 Å². The van der Waals surface area contributed by atoms with E-state index in [1.807, 2.05) is 0 Å². The number of nitrogens with zero attached hydrogens (tertiary/aromatic N) is 1. The van der Waals surface area contributed by atoms with Gasteiger partial charge in [-0.05, 0) is 38.5 Å². The Hall–Kier alpha value is -2.90. The molecular weight excluding hydrogens is 314 g/mol. The van der Waals surface area contributed by atoms with Gasteiger partial charge in [-0.1, -0.05) is 17.3 Å². The first kappa shape index (κ1) is 19.1. The second-order valence-corrected chi connectivity index (χ2v) is 5.87. The number of rotatable bonds is 5. The zero-order valence-corrected chi connectivity index (χ0v) is 14.1. The molecule has 8 heteroatoms. The molecule has 0 spiro atoms. The average molecular weight is 335 g/mol. The highest BCUT2D eigenvalue weighted by atomic mass is 16.6. The van der Waals surface area contributed by atoms with Crippen molar-refractivity contribution in [2.45, 2.75) is 26.3 Å². The van der Waals surface area contributed by atoms with Gasteiger partial charge in [-0.25, -0.2) is 9.59 Å². The number of nitrogens with one attached hydrogen (secondary N) is 2. The van der Waals surface area contributed by atoms with Crippen molar-refractivity contribution in [2.75, 3.05) is 13.7 Å². The SMILES string of the molecule is COC(=O)c1ccc(/C=N/OCC(=O)NC(=O)NC(C)(C)C)cc1. The average Bonchev–Trinajstić information content (AvgIpc) is 2.49. The lowest BCUT2D eigenvalue weighted by molar-refractivity contribution is -0.124. The number of esters is 1. The number of oxime groups is 1. The Balaban J connectivity index is 2.38. The predicted molar refractivity (Wildman–Crippen MR) is 87.8 cm³/mol. The van der Waals surface area contributed by atoms with Gasteiger partial charge in [-0.2, -0.15) is 0 Å². The molecule has 1 aromatic carbocycles. The molecule has 0 bridgehead atoms. The number of methoxy groups -OCH3 is 1. The molecule has 0 aromatic heterocycles. The van der Waals surface area contributed by atoms with Gasteiger partial charge in [-0.3, -0.25) is 10.1 Å². The van der Waals surface area contributed by atoms with Crippen molar-refractivity contribution in [3.8, 4) is 0 Å². The van der Waals surface area contributed by atoms with E-state index in [1.165, 1.54) is 13.3 Å². The number of urea groups is 1. The third-order valence-corrected chi connectivity index (χ3v) is 2.55. The van der Waals surface area contributed by atoms with E-state index >= 15 is 0 Å². The normalized spacial score (nSPS) is 11.0.